The maximum atomic E-state index is 12.5. The van der Waals surface area contributed by atoms with Crippen molar-refractivity contribution in [2.75, 3.05) is 17.2 Å². The van der Waals surface area contributed by atoms with Gasteiger partial charge in [0.05, 0.1) is 0 Å². The molecular formula is C22H20N2O2. The Morgan fingerprint density at radius 2 is 1.54 bits per heavy atom. The Morgan fingerprint density at radius 1 is 0.846 bits per heavy atom. The third-order valence-corrected chi connectivity index (χ3v) is 4.75. The summed E-state index contributed by atoms with van der Waals surface area (Å²) in [6.07, 6.45) is 1.33. The van der Waals surface area contributed by atoms with Crippen LogP contribution in [-0.2, 0) is 12.8 Å². The number of aliphatic hydroxyl groups excluding tert-OH is 1. The van der Waals surface area contributed by atoms with Gasteiger partial charge in [0, 0.05) is 24.4 Å². The molecule has 0 radical (unpaired) electrons. The molecule has 0 atom stereocenters. The molecule has 0 aromatic heterocycles. The quantitative estimate of drug-likeness (QED) is 0.513. The SMILES string of the molecule is O=C(Nc1ccccc1CCO)Nc1cccc2c1Cc1ccccc1-2. The Balaban J connectivity index is 1.55. The van der Waals surface area contributed by atoms with Crippen molar-refractivity contribution in [1.29, 1.82) is 0 Å². The first-order valence-electron chi connectivity index (χ1n) is 8.73. The van der Waals surface area contributed by atoms with Crippen molar-refractivity contribution >= 4 is 17.4 Å². The zero-order valence-corrected chi connectivity index (χ0v) is 14.3. The molecule has 0 fully saturated rings. The first kappa shape index (κ1) is 16.4. The predicted molar refractivity (Wildman–Crippen MR) is 105 cm³/mol. The highest BCUT2D eigenvalue weighted by Crippen LogP contribution is 2.39. The number of carbonyl (C=O) groups excluding carboxylic acids is 1. The van der Waals surface area contributed by atoms with Crippen molar-refractivity contribution in [2.45, 2.75) is 12.8 Å². The van der Waals surface area contributed by atoms with E-state index in [1.807, 2.05) is 48.5 Å². The monoisotopic (exact) mass is 344 g/mol. The highest BCUT2D eigenvalue weighted by molar-refractivity contribution is 6.01. The lowest BCUT2D eigenvalue weighted by atomic mass is 10.1. The summed E-state index contributed by atoms with van der Waals surface area (Å²) in [5.41, 5.74) is 7.30. The highest BCUT2D eigenvalue weighted by atomic mass is 16.3. The highest BCUT2D eigenvalue weighted by Gasteiger charge is 2.21. The van der Waals surface area contributed by atoms with Crippen LogP contribution in [-0.4, -0.2) is 17.7 Å². The fourth-order valence-corrected chi connectivity index (χ4v) is 3.53. The van der Waals surface area contributed by atoms with Gasteiger partial charge < -0.3 is 15.7 Å². The first-order valence-corrected chi connectivity index (χ1v) is 8.73. The molecule has 0 saturated carbocycles. The van der Waals surface area contributed by atoms with E-state index in [1.54, 1.807) is 0 Å². The molecule has 3 N–H and O–H groups in total. The zero-order valence-electron chi connectivity index (χ0n) is 14.3. The van der Waals surface area contributed by atoms with Crippen molar-refractivity contribution in [3.63, 3.8) is 0 Å². The molecule has 3 aromatic carbocycles. The van der Waals surface area contributed by atoms with Crippen LogP contribution in [0.15, 0.2) is 66.7 Å². The summed E-state index contributed by atoms with van der Waals surface area (Å²) in [4.78, 5) is 12.5. The van der Waals surface area contributed by atoms with Crippen LogP contribution in [0, 0.1) is 0 Å². The Morgan fingerprint density at radius 3 is 2.42 bits per heavy atom. The van der Waals surface area contributed by atoms with Gasteiger partial charge in [-0.05, 0) is 46.4 Å². The molecule has 1 aliphatic rings. The minimum absolute atomic E-state index is 0.0464. The maximum absolute atomic E-state index is 12.5. The molecule has 0 unspecified atom stereocenters. The van der Waals surface area contributed by atoms with E-state index in [0.29, 0.717) is 6.42 Å². The average Bonchev–Trinajstić information content (AvgIpc) is 3.03. The minimum atomic E-state index is -0.278. The Bertz CT molecular complexity index is 966. The number of hydrogen-bond donors (Lipinski definition) is 3. The molecule has 4 rings (SSSR count). The fourth-order valence-electron chi connectivity index (χ4n) is 3.53. The van der Waals surface area contributed by atoms with Crippen molar-refractivity contribution < 1.29 is 9.90 Å². The van der Waals surface area contributed by atoms with E-state index < -0.39 is 0 Å². The summed E-state index contributed by atoms with van der Waals surface area (Å²) < 4.78 is 0. The number of aliphatic hydroxyl groups is 1. The van der Waals surface area contributed by atoms with Gasteiger partial charge in [-0.25, -0.2) is 4.79 Å². The second kappa shape index (κ2) is 7.02. The van der Waals surface area contributed by atoms with Crippen LogP contribution < -0.4 is 10.6 Å². The van der Waals surface area contributed by atoms with Crippen LogP contribution in [0.1, 0.15) is 16.7 Å². The number of nitrogens with one attached hydrogen (secondary N) is 2. The molecular weight excluding hydrogens is 324 g/mol. The van der Waals surface area contributed by atoms with Crippen molar-refractivity contribution in [3.05, 3.63) is 83.4 Å². The van der Waals surface area contributed by atoms with Crippen LogP contribution >= 0.6 is 0 Å². The Labute approximate surface area is 152 Å². The number of para-hydroxylation sites is 1. The number of hydrogen-bond acceptors (Lipinski definition) is 2. The van der Waals surface area contributed by atoms with Gasteiger partial charge in [-0.2, -0.15) is 0 Å². The van der Waals surface area contributed by atoms with Gasteiger partial charge in [0.25, 0.3) is 0 Å². The molecule has 0 aliphatic heterocycles. The molecule has 4 nitrogen and oxygen atoms in total. The number of rotatable bonds is 4. The van der Waals surface area contributed by atoms with Gasteiger partial charge in [-0.15, -0.1) is 0 Å². The van der Waals surface area contributed by atoms with Crippen LogP contribution in [0.4, 0.5) is 16.2 Å². The number of fused-ring (bicyclic) bond motifs is 3. The van der Waals surface area contributed by atoms with Gasteiger partial charge in [0.1, 0.15) is 0 Å². The van der Waals surface area contributed by atoms with E-state index in [9.17, 15) is 9.90 Å². The molecule has 3 aromatic rings. The summed E-state index contributed by atoms with van der Waals surface area (Å²) in [5, 5.41) is 15.1. The summed E-state index contributed by atoms with van der Waals surface area (Å²) in [6.45, 7) is 0.0464. The summed E-state index contributed by atoms with van der Waals surface area (Å²) in [5.74, 6) is 0. The number of benzene rings is 3. The largest absolute Gasteiger partial charge is 0.396 e. The van der Waals surface area contributed by atoms with E-state index in [2.05, 4.69) is 28.8 Å². The molecule has 26 heavy (non-hydrogen) atoms. The second-order valence-corrected chi connectivity index (χ2v) is 6.38. The van der Waals surface area contributed by atoms with Crippen molar-refractivity contribution in [3.8, 4) is 11.1 Å². The maximum Gasteiger partial charge on any atom is 0.323 e. The second-order valence-electron chi connectivity index (χ2n) is 6.38. The summed E-state index contributed by atoms with van der Waals surface area (Å²) in [6, 6.07) is 21.6. The molecule has 2 amide bonds. The van der Waals surface area contributed by atoms with Crippen LogP contribution in [0.3, 0.4) is 0 Å². The third-order valence-electron chi connectivity index (χ3n) is 4.75. The molecule has 0 heterocycles. The normalized spacial score (nSPS) is 11.6. The third kappa shape index (κ3) is 3.07. The lowest BCUT2D eigenvalue weighted by Gasteiger charge is -2.13. The van der Waals surface area contributed by atoms with Crippen LogP contribution in [0.2, 0.25) is 0 Å². The minimum Gasteiger partial charge on any atom is -0.396 e. The predicted octanol–water partition coefficient (Wildman–Crippen LogP) is 4.44. The van der Waals surface area contributed by atoms with E-state index in [-0.39, 0.29) is 12.6 Å². The van der Waals surface area contributed by atoms with E-state index in [0.717, 1.165) is 28.9 Å². The van der Waals surface area contributed by atoms with E-state index in [4.69, 9.17) is 0 Å². The van der Waals surface area contributed by atoms with Gasteiger partial charge in [0.2, 0.25) is 0 Å². The summed E-state index contributed by atoms with van der Waals surface area (Å²) >= 11 is 0. The molecule has 130 valence electrons. The first-order chi connectivity index (χ1) is 12.8. The number of amides is 2. The summed E-state index contributed by atoms with van der Waals surface area (Å²) in [7, 11) is 0. The number of urea groups is 1. The standard InChI is InChI=1S/C22H20N2O2/c25-13-12-15-6-2-4-10-20(15)23-22(26)24-21-11-5-9-18-17-8-3-1-7-16(17)14-19(18)21/h1-11,25H,12-14H2,(H2,23,24,26). The Hall–Kier alpha value is -3.11. The lowest BCUT2D eigenvalue weighted by molar-refractivity contribution is 0.262. The van der Waals surface area contributed by atoms with Crippen molar-refractivity contribution in [2.24, 2.45) is 0 Å². The van der Waals surface area contributed by atoms with E-state index in [1.165, 1.54) is 16.7 Å². The average molecular weight is 344 g/mol. The van der Waals surface area contributed by atoms with Gasteiger partial charge in [-0.3, -0.25) is 0 Å². The number of carbonyl (C=O) groups is 1. The topological polar surface area (TPSA) is 61.4 Å². The fraction of sp³-hybridized carbons (Fsp3) is 0.136. The van der Waals surface area contributed by atoms with Gasteiger partial charge in [-0.1, -0.05) is 54.6 Å². The smallest absolute Gasteiger partial charge is 0.323 e. The van der Waals surface area contributed by atoms with Crippen LogP contribution in [0.25, 0.3) is 11.1 Å². The Kier molecular flexibility index (Phi) is 4.42. The van der Waals surface area contributed by atoms with E-state index >= 15 is 0 Å². The molecule has 1 aliphatic carbocycles. The van der Waals surface area contributed by atoms with Crippen molar-refractivity contribution in [1.82, 2.24) is 0 Å². The molecule has 4 heteroatoms. The lowest BCUT2D eigenvalue weighted by Crippen LogP contribution is -2.21. The molecule has 0 spiro atoms. The molecule has 0 saturated heterocycles. The van der Waals surface area contributed by atoms with Gasteiger partial charge >= 0.3 is 6.03 Å². The zero-order chi connectivity index (χ0) is 17.9. The van der Waals surface area contributed by atoms with Gasteiger partial charge in [0.15, 0.2) is 0 Å². The molecule has 0 bridgehead atoms. The number of anilines is 2. The van der Waals surface area contributed by atoms with Crippen LogP contribution in [0.5, 0.6) is 0 Å².